The number of nitrogens with zero attached hydrogens (tertiary/aromatic N) is 1. The smallest absolute Gasteiger partial charge is 0.0585 e. The van der Waals surface area contributed by atoms with Gasteiger partial charge in [-0.3, -0.25) is 0 Å². The molecule has 0 spiro atoms. The Balaban J connectivity index is 1.87. The molecule has 4 unspecified atom stereocenters. The number of rotatable bonds is 2. The van der Waals surface area contributed by atoms with Crippen LogP contribution in [0.25, 0.3) is 0 Å². The lowest BCUT2D eigenvalue weighted by Gasteiger charge is -2.39. The van der Waals surface area contributed by atoms with Crippen molar-refractivity contribution < 1.29 is 5.11 Å². The van der Waals surface area contributed by atoms with Crippen molar-refractivity contribution in [3.8, 4) is 0 Å². The molecular formula is C15H29NO. The molecule has 1 aliphatic carbocycles. The molecule has 2 rings (SSSR count). The van der Waals surface area contributed by atoms with Gasteiger partial charge in [0, 0.05) is 12.5 Å². The van der Waals surface area contributed by atoms with Crippen molar-refractivity contribution >= 4 is 0 Å². The molecule has 100 valence electrons. The number of likely N-dealkylation sites (tertiary alicyclic amines) is 1. The fourth-order valence-corrected chi connectivity index (χ4v) is 3.79. The second-order valence-corrected chi connectivity index (χ2v) is 6.50. The first kappa shape index (κ1) is 13.4. The Kier molecular flexibility index (Phi) is 4.87. The van der Waals surface area contributed by atoms with Gasteiger partial charge in [-0.05, 0) is 50.6 Å². The standard InChI is InChI=1S/C15H29NO/c1-12-9-13(2)14(15(17)10-12)11-16-7-5-3-4-6-8-16/h12-15,17H,3-11H2,1-2H3. The third-order valence-electron chi connectivity index (χ3n) is 4.81. The van der Waals surface area contributed by atoms with Crippen LogP contribution in [0.2, 0.25) is 0 Å². The van der Waals surface area contributed by atoms with Crippen LogP contribution < -0.4 is 0 Å². The van der Waals surface area contributed by atoms with Crippen LogP contribution in [0.15, 0.2) is 0 Å². The second kappa shape index (κ2) is 6.19. The monoisotopic (exact) mass is 239 g/mol. The lowest BCUT2D eigenvalue weighted by Crippen LogP contribution is -2.42. The van der Waals surface area contributed by atoms with Gasteiger partial charge in [0.25, 0.3) is 0 Å². The minimum Gasteiger partial charge on any atom is -0.393 e. The summed E-state index contributed by atoms with van der Waals surface area (Å²) in [6.07, 6.45) is 7.77. The van der Waals surface area contributed by atoms with Crippen LogP contribution in [-0.4, -0.2) is 35.7 Å². The number of aliphatic hydroxyl groups is 1. The fourth-order valence-electron chi connectivity index (χ4n) is 3.79. The van der Waals surface area contributed by atoms with Gasteiger partial charge in [-0.2, -0.15) is 0 Å². The molecular weight excluding hydrogens is 210 g/mol. The van der Waals surface area contributed by atoms with Crippen molar-refractivity contribution in [2.45, 2.75) is 58.5 Å². The molecule has 0 bridgehead atoms. The summed E-state index contributed by atoms with van der Waals surface area (Å²) in [5, 5.41) is 10.3. The molecule has 2 aliphatic rings. The first-order chi connectivity index (χ1) is 8.16. The molecule has 1 saturated carbocycles. The Morgan fingerprint density at radius 2 is 1.65 bits per heavy atom. The van der Waals surface area contributed by atoms with Crippen molar-refractivity contribution in [2.75, 3.05) is 19.6 Å². The Hall–Kier alpha value is -0.0800. The van der Waals surface area contributed by atoms with E-state index in [1.807, 2.05) is 0 Å². The number of hydrogen-bond acceptors (Lipinski definition) is 2. The highest BCUT2D eigenvalue weighted by Crippen LogP contribution is 2.34. The van der Waals surface area contributed by atoms with E-state index in [0.717, 1.165) is 13.0 Å². The maximum absolute atomic E-state index is 10.3. The molecule has 1 saturated heterocycles. The van der Waals surface area contributed by atoms with E-state index >= 15 is 0 Å². The van der Waals surface area contributed by atoms with Gasteiger partial charge in [0.15, 0.2) is 0 Å². The SMILES string of the molecule is CC1CC(C)C(CN2CCCCCC2)C(O)C1. The highest BCUT2D eigenvalue weighted by molar-refractivity contribution is 4.85. The topological polar surface area (TPSA) is 23.5 Å². The molecule has 0 aromatic rings. The van der Waals surface area contributed by atoms with Gasteiger partial charge in [0.1, 0.15) is 0 Å². The molecule has 2 fully saturated rings. The minimum absolute atomic E-state index is 0.0583. The van der Waals surface area contributed by atoms with E-state index in [9.17, 15) is 5.11 Å². The molecule has 0 aromatic carbocycles. The van der Waals surface area contributed by atoms with Crippen LogP contribution in [-0.2, 0) is 0 Å². The normalized spacial score (nSPS) is 41.1. The van der Waals surface area contributed by atoms with E-state index in [-0.39, 0.29) is 6.10 Å². The second-order valence-electron chi connectivity index (χ2n) is 6.50. The Morgan fingerprint density at radius 1 is 1.00 bits per heavy atom. The van der Waals surface area contributed by atoms with Gasteiger partial charge in [-0.15, -0.1) is 0 Å². The summed E-state index contributed by atoms with van der Waals surface area (Å²) < 4.78 is 0. The van der Waals surface area contributed by atoms with Crippen molar-refractivity contribution in [3.63, 3.8) is 0 Å². The molecule has 2 nitrogen and oxygen atoms in total. The third kappa shape index (κ3) is 3.69. The zero-order chi connectivity index (χ0) is 12.3. The van der Waals surface area contributed by atoms with Gasteiger partial charge in [-0.25, -0.2) is 0 Å². The molecule has 0 amide bonds. The summed E-state index contributed by atoms with van der Waals surface area (Å²) in [4.78, 5) is 2.60. The first-order valence-electron chi connectivity index (χ1n) is 7.57. The molecule has 1 N–H and O–H groups in total. The van der Waals surface area contributed by atoms with E-state index in [1.165, 1.54) is 45.2 Å². The maximum Gasteiger partial charge on any atom is 0.0585 e. The van der Waals surface area contributed by atoms with Crippen molar-refractivity contribution in [2.24, 2.45) is 17.8 Å². The molecule has 0 aromatic heterocycles. The third-order valence-corrected chi connectivity index (χ3v) is 4.81. The Morgan fingerprint density at radius 3 is 2.24 bits per heavy atom. The van der Waals surface area contributed by atoms with E-state index < -0.39 is 0 Å². The van der Waals surface area contributed by atoms with Crippen molar-refractivity contribution in [1.82, 2.24) is 4.90 Å². The van der Waals surface area contributed by atoms with Crippen LogP contribution in [0.1, 0.15) is 52.4 Å². The predicted octanol–water partition coefficient (Wildman–Crippen LogP) is 2.91. The molecule has 2 heteroatoms. The lowest BCUT2D eigenvalue weighted by atomic mass is 9.73. The van der Waals surface area contributed by atoms with Crippen molar-refractivity contribution in [1.29, 1.82) is 0 Å². The number of hydrogen-bond donors (Lipinski definition) is 1. The van der Waals surface area contributed by atoms with Crippen LogP contribution in [0, 0.1) is 17.8 Å². The zero-order valence-corrected chi connectivity index (χ0v) is 11.6. The predicted molar refractivity (Wildman–Crippen MR) is 72.0 cm³/mol. The average Bonchev–Trinajstić information content (AvgIpc) is 2.51. The summed E-state index contributed by atoms with van der Waals surface area (Å²) >= 11 is 0. The highest BCUT2D eigenvalue weighted by Gasteiger charge is 2.33. The Bertz CT molecular complexity index is 211. The first-order valence-corrected chi connectivity index (χ1v) is 7.57. The van der Waals surface area contributed by atoms with Gasteiger partial charge in [0.05, 0.1) is 6.10 Å². The quantitative estimate of drug-likeness (QED) is 0.801. The summed E-state index contributed by atoms with van der Waals surface area (Å²) in [5.41, 5.74) is 0. The largest absolute Gasteiger partial charge is 0.393 e. The molecule has 1 aliphatic heterocycles. The van der Waals surface area contributed by atoms with Gasteiger partial charge >= 0.3 is 0 Å². The Labute approximate surface area is 106 Å². The average molecular weight is 239 g/mol. The van der Waals surface area contributed by atoms with E-state index in [0.29, 0.717) is 17.8 Å². The van der Waals surface area contributed by atoms with Gasteiger partial charge in [0.2, 0.25) is 0 Å². The lowest BCUT2D eigenvalue weighted by molar-refractivity contribution is -0.00151. The van der Waals surface area contributed by atoms with Crippen LogP contribution in [0.3, 0.4) is 0 Å². The van der Waals surface area contributed by atoms with Crippen LogP contribution in [0.5, 0.6) is 0 Å². The summed E-state index contributed by atoms with van der Waals surface area (Å²) in [6, 6.07) is 0. The van der Waals surface area contributed by atoms with Crippen LogP contribution >= 0.6 is 0 Å². The highest BCUT2D eigenvalue weighted by atomic mass is 16.3. The molecule has 1 heterocycles. The molecule has 0 radical (unpaired) electrons. The van der Waals surface area contributed by atoms with Gasteiger partial charge < -0.3 is 10.0 Å². The van der Waals surface area contributed by atoms with Crippen molar-refractivity contribution in [3.05, 3.63) is 0 Å². The number of aliphatic hydroxyl groups excluding tert-OH is 1. The summed E-state index contributed by atoms with van der Waals surface area (Å²) in [6.45, 7) is 8.26. The minimum atomic E-state index is -0.0583. The molecule has 17 heavy (non-hydrogen) atoms. The van der Waals surface area contributed by atoms with E-state index in [2.05, 4.69) is 18.7 Å². The van der Waals surface area contributed by atoms with E-state index in [4.69, 9.17) is 0 Å². The molecule has 4 atom stereocenters. The van der Waals surface area contributed by atoms with Crippen LogP contribution in [0.4, 0.5) is 0 Å². The zero-order valence-electron chi connectivity index (χ0n) is 11.6. The van der Waals surface area contributed by atoms with Gasteiger partial charge in [-0.1, -0.05) is 26.7 Å². The van der Waals surface area contributed by atoms with E-state index in [1.54, 1.807) is 0 Å². The summed E-state index contributed by atoms with van der Waals surface area (Å²) in [5.74, 6) is 1.92. The fraction of sp³-hybridized carbons (Fsp3) is 1.00. The summed E-state index contributed by atoms with van der Waals surface area (Å²) in [7, 11) is 0. The maximum atomic E-state index is 10.3.